The van der Waals surface area contributed by atoms with Crippen LogP contribution in [-0.4, -0.2) is 20.9 Å². The van der Waals surface area contributed by atoms with Gasteiger partial charge in [-0.1, -0.05) is 48.5 Å². The van der Waals surface area contributed by atoms with Crippen LogP contribution in [0.15, 0.2) is 83.8 Å². The summed E-state index contributed by atoms with van der Waals surface area (Å²) in [5.41, 5.74) is 1.51. The quantitative estimate of drug-likeness (QED) is 0.525. The number of benzene rings is 3. The zero-order valence-corrected chi connectivity index (χ0v) is 17.1. The van der Waals surface area contributed by atoms with E-state index in [9.17, 15) is 22.0 Å². The number of hydrogen-bond donors (Lipinski definition) is 2. The summed E-state index contributed by atoms with van der Waals surface area (Å²) >= 11 is 0. The van der Waals surface area contributed by atoms with Crippen molar-refractivity contribution in [2.75, 3.05) is 0 Å². The molecule has 0 aliphatic heterocycles. The van der Waals surface area contributed by atoms with E-state index in [1.165, 1.54) is 42.5 Å². The van der Waals surface area contributed by atoms with Gasteiger partial charge in [-0.3, -0.25) is 4.79 Å². The zero-order chi connectivity index (χ0) is 22.3. The summed E-state index contributed by atoms with van der Waals surface area (Å²) in [5, 5.41) is 2.64. The first-order valence-electron chi connectivity index (χ1n) is 9.29. The normalized spacial score (nSPS) is 11.3. The molecule has 1 amide bonds. The minimum atomic E-state index is -3.82. The van der Waals surface area contributed by atoms with E-state index in [4.69, 9.17) is 0 Å². The second-order valence-electron chi connectivity index (χ2n) is 6.55. The van der Waals surface area contributed by atoms with Crippen molar-refractivity contribution in [1.82, 2.24) is 10.0 Å². The van der Waals surface area contributed by atoms with Crippen LogP contribution in [0, 0.1) is 0 Å². The van der Waals surface area contributed by atoms with Crippen LogP contribution >= 0.6 is 0 Å². The highest BCUT2D eigenvalue weighted by Gasteiger charge is 2.16. The number of hydrogen-bond acceptors (Lipinski definition) is 4. The van der Waals surface area contributed by atoms with Crippen LogP contribution < -0.4 is 14.8 Å². The molecule has 0 aliphatic rings. The van der Waals surface area contributed by atoms with Crippen LogP contribution in [0.5, 0.6) is 5.75 Å². The van der Waals surface area contributed by atoms with E-state index in [1.807, 2.05) is 18.2 Å². The van der Waals surface area contributed by atoms with E-state index < -0.39 is 22.5 Å². The fraction of sp³-hybridized carbons (Fsp3) is 0.136. The van der Waals surface area contributed by atoms with Gasteiger partial charge in [-0.05, 0) is 41.5 Å². The summed E-state index contributed by atoms with van der Waals surface area (Å²) in [4.78, 5) is 12.4. The summed E-state index contributed by atoms with van der Waals surface area (Å²) in [7, 11) is -3.82. The van der Waals surface area contributed by atoms with Crippen LogP contribution in [0.3, 0.4) is 0 Å². The smallest absolute Gasteiger partial charge is 0.387 e. The lowest BCUT2D eigenvalue weighted by Crippen LogP contribution is -2.25. The van der Waals surface area contributed by atoms with E-state index >= 15 is 0 Å². The van der Waals surface area contributed by atoms with Crippen molar-refractivity contribution in [2.24, 2.45) is 0 Å². The van der Waals surface area contributed by atoms with Gasteiger partial charge in [0.2, 0.25) is 10.0 Å². The zero-order valence-electron chi connectivity index (χ0n) is 16.3. The standard InChI is InChI=1S/C22H20F2N2O4S/c23-22(24)30-19-10-4-8-17(12-19)14-25-21(27)18-9-5-11-20(13-18)31(28,29)26-15-16-6-2-1-3-7-16/h1-13,22,26H,14-15H2,(H,25,27). The fourth-order valence-electron chi connectivity index (χ4n) is 2.78. The Morgan fingerprint density at radius 2 is 1.58 bits per heavy atom. The second kappa shape index (κ2) is 10.1. The number of nitrogens with one attached hydrogen (secondary N) is 2. The maximum absolute atomic E-state index is 12.6. The molecule has 3 aromatic carbocycles. The van der Waals surface area contributed by atoms with Gasteiger partial charge in [0.25, 0.3) is 5.91 Å². The lowest BCUT2D eigenvalue weighted by Gasteiger charge is -2.10. The van der Waals surface area contributed by atoms with E-state index in [0.717, 1.165) is 5.56 Å². The van der Waals surface area contributed by atoms with Crippen LogP contribution in [0.2, 0.25) is 0 Å². The third kappa shape index (κ3) is 6.59. The molecule has 2 N–H and O–H groups in total. The highest BCUT2D eigenvalue weighted by atomic mass is 32.2. The average molecular weight is 446 g/mol. The van der Waals surface area contributed by atoms with Gasteiger partial charge >= 0.3 is 6.61 Å². The number of carbonyl (C=O) groups excluding carboxylic acids is 1. The lowest BCUT2D eigenvalue weighted by molar-refractivity contribution is -0.0498. The highest BCUT2D eigenvalue weighted by Crippen LogP contribution is 2.16. The van der Waals surface area contributed by atoms with Crippen molar-refractivity contribution in [3.63, 3.8) is 0 Å². The molecule has 3 rings (SSSR count). The Bertz CT molecular complexity index is 1140. The van der Waals surface area contributed by atoms with Gasteiger partial charge in [-0.25, -0.2) is 13.1 Å². The molecular weight excluding hydrogens is 426 g/mol. The number of sulfonamides is 1. The third-order valence-electron chi connectivity index (χ3n) is 4.29. The van der Waals surface area contributed by atoms with Crippen LogP contribution in [0.1, 0.15) is 21.5 Å². The van der Waals surface area contributed by atoms with Crippen molar-refractivity contribution >= 4 is 15.9 Å². The molecule has 162 valence electrons. The van der Waals surface area contributed by atoms with Crippen LogP contribution in [0.25, 0.3) is 0 Å². The second-order valence-corrected chi connectivity index (χ2v) is 8.31. The highest BCUT2D eigenvalue weighted by molar-refractivity contribution is 7.89. The monoisotopic (exact) mass is 446 g/mol. The van der Waals surface area contributed by atoms with E-state index in [2.05, 4.69) is 14.8 Å². The molecule has 0 aromatic heterocycles. The Labute approximate surface area is 178 Å². The fourth-order valence-corrected chi connectivity index (χ4v) is 3.84. The summed E-state index contributed by atoms with van der Waals surface area (Å²) in [6.07, 6.45) is 0. The van der Waals surface area contributed by atoms with Gasteiger partial charge in [0, 0.05) is 18.7 Å². The van der Waals surface area contributed by atoms with Gasteiger partial charge in [-0.15, -0.1) is 0 Å². The summed E-state index contributed by atoms with van der Waals surface area (Å²) in [6.45, 7) is -2.76. The molecule has 0 aliphatic carbocycles. The van der Waals surface area contributed by atoms with Gasteiger partial charge in [0.05, 0.1) is 4.90 Å². The number of alkyl halides is 2. The molecule has 0 radical (unpaired) electrons. The van der Waals surface area contributed by atoms with Gasteiger partial charge in [0.15, 0.2) is 0 Å². The Hall–Kier alpha value is -3.30. The van der Waals surface area contributed by atoms with E-state index in [-0.39, 0.29) is 29.3 Å². The predicted molar refractivity (Wildman–Crippen MR) is 111 cm³/mol. The maximum atomic E-state index is 12.6. The lowest BCUT2D eigenvalue weighted by atomic mass is 10.2. The molecule has 0 unspecified atom stereocenters. The van der Waals surface area contributed by atoms with Crippen molar-refractivity contribution in [1.29, 1.82) is 0 Å². The third-order valence-corrected chi connectivity index (χ3v) is 5.69. The number of rotatable bonds is 9. The molecule has 6 nitrogen and oxygen atoms in total. The maximum Gasteiger partial charge on any atom is 0.387 e. The first-order valence-corrected chi connectivity index (χ1v) is 10.8. The molecule has 0 heterocycles. The molecule has 0 atom stereocenters. The molecule has 0 bridgehead atoms. The Kier molecular flexibility index (Phi) is 7.32. The average Bonchev–Trinajstić information content (AvgIpc) is 2.77. The molecule has 31 heavy (non-hydrogen) atoms. The van der Waals surface area contributed by atoms with Gasteiger partial charge in [0.1, 0.15) is 5.75 Å². The van der Waals surface area contributed by atoms with Crippen molar-refractivity contribution in [2.45, 2.75) is 24.6 Å². The van der Waals surface area contributed by atoms with Crippen molar-refractivity contribution in [3.8, 4) is 5.75 Å². The Morgan fingerprint density at radius 1 is 0.871 bits per heavy atom. The molecular formula is C22H20F2N2O4S. The topological polar surface area (TPSA) is 84.5 Å². The number of halogens is 2. The summed E-state index contributed by atoms with van der Waals surface area (Å²) in [5.74, 6) is -0.514. The largest absolute Gasteiger partial charge is 0.435 e. The Morgan fingerprint density at radius 3 is 2.32 bits per heavy atom. The number of ether oxygens (including phenoxy) is 1. The van der Waals surface area contributed by atoms with Gasteiger partial charge in [-0.2, -0.15) is 8.78 Å². The Balaban J connectivity index is 1.64. The molecule has 0 fully saturated rings. The SMILES string of the molecule is O=C(NCc1cccc(OC(F)F)c1)c1cccc(S(=O)(=O)NCc2ccccc2)c1. The molecule has 0 spiro atoms. The molecule has 0 saturated carbocycles. The van der Waals surface area contributed by atoms with E-state index in [1.54, 1.807) is 18.2 Å². The minimum absolute atomic E-state index is 0.0145. The molecule has 0 saturated heterocycles. The number of amides is 1. The summed E-state index contributed by atoms with van der Waals surface area (Å²) < 4.78 is 56.6. The summed E-state index contributed by atoms with van der Waals surface area (Å²) in [6, 6.07) is 20.6. The molecule has 9 heteroatoms. The van der Waals surface area contributed by atoms with Crippen molar-refractivity contribution < 1.29 is 26.7 Å². The van der Waals surface area contributed by atoms with Gasteiger partial charge < -0.3 is 10.1 Å². The predicted octanol–water partition coefficient (Wildman–Crippen LogP) is 3.70. The first-order chi connectivity index (χ1) is 14.8. The van der Waals surface area contributed by atoms with Crippen LogP contribution in [0.4, 0.5) is 8.78 Å². The molecule has 3 aromatic rings. The first kappa shape index (κ1) is 22.4. The van der Waals surface area contributed by atoms with E-state index in [0.29, 0.717) is 5.56 Å². The van der Waals surface area contributed by atoms with Crippen molar-refractivity contribution in [3.05, 3.63) is 95.6 Å². The van der Waals surface area contributed by atoms with Crippen LogP contribution in [-0.2, 0) is 23.1 Å². The minimum Gasteiger partial charge on any atom is -0.435 e. The number of carbonyl (C=O) groups is 1.